The normalized spacial score (nSPS) is 20.7. The van der Waals surface area contributed by atoms with Crippen molar-refractivity contribution < 1.29 is 4.79 Å². The van der Waals surface area contributed by atoms with Crippen LogP contribution in [0, 0.1) is 25.7 Å². The molecule has 1 fully saturated rings. The number of rotatable bonds is 4. The summed E-state index contributed by atoms with van der Waals surface area (Å²) in [6.45, 7) is 10.2. The summed E-state index contributed by atoms with van der Waals surface area (Å²) >= 11 is 1.47. The molecule has 5 nitrogen and oxygen atoms in total. The van der Waals surface area contributed by atoms with Crippen molar-refractivity contribution in [3.05, 3.63) is 35.7 Å². The van der Waals surface area contributed by atoms with Gasteiger partial charge in [-0.1, -0.05) is 37.7 Å². The molecule has 0 aliphatic carbocycles. The highest BCUT2D eigenvalue weighted by Crippen LogP contribution is 2.25. The van der Waals surface area contributed by atoms with Crippen LogP contribution in [-0.4, -0.2) is 44.4 Å². The topological polar surface area (TPSA) is 51.0 Å². The van der Waals surface area contributed by atoms with Gasteiger partial charge in [-0.15, -0.1) is 10.2 Å². The van der Waals surface area contributed by atoms with Crippen LogP contribution in [0.15, 0.2) is 29.4 Å². The second-order valence-electron chi connectivity index (χ2n) is 7.24. The van der Waals surface area contributed by atoms with Gasteiger partial charge in [-0.05, 0) is 49.8 Å². The smallest absolute Gasteiger partial charge is 0.233 e. The van der Waals surface area contributed by atoms with E-state index in [0.29, 0.717) is 17.6 Å². The molecular formula is C19H26N4OS. The molecule has 0 N–H and O–H groups in total. The third kappa shape index (κ3) is 4.24. The average Bonchev–Trinajstić information content (AvgIpc) is 2.92. The summed E-state index contributed by atoms with van der Waals surface area (Å²) in [4.78, 5) is 14.6. The van der Waals surface area contributed by atoms with E-state index in [1.54, 1.807) is 0 Å². The molecule has 6 heteroatoms. The summed E-state index contributed by atoms with van der Waals surface area (Å²) in [5.41, 5.74) is 2.23. The number of likely N-dealkylation sites (tertiary alicyclic amines) is 1. The number of aryl methyl sites for hydroxylation is 2. The highest BCUT2D eigenvalue weighted by Gasteiger charge is 2.25. The van der Waals surface area contributed by atoms with E-state index in [1.807, 2.05) is 28.5 Å². The molecule has 1 aliphatic heterocycles. The van der Waals surface area contributed by atoms with E-state index in [2.05, 4.69) is 43.1 Å². The highest BCUT2D eigenvalue weighted by molar-refractivity contribution is 7.99. The summed E-state index contributed by atoms with van der Waals surface area (Å²) in [5, 5.41) is 9.25. The van der Waals surface area contributed by atoms with Gasteiger partial charge in [0.2, 0.25) is 5.91 Å². The first-order valence-electron chi connectivity index (χ1n) is 8.83. The third-order valence-electron chi connectivity index (χ3n) is 4.60. The molecule has 1 saturated heterocycles. The Hall–Kier alpha value is -1.82. The Morgan fingerprint density at radius 2 is 1.92 bits per heavy atom. The zero-order chi connectivity index (χ0) is 18.0. The van der Waals surface area contributed by atoms with Crippen LogP contribution in [0.3, 0.4) is 0 Å². The van der Waals surface area contributed by atoms with E-state index >= 15 is 0 Å². The van der Waals surface area contributed by atoms with Crippen molar-refractivity contribution in [3.8, 4) is 5.69 Å². The third-order valence-corrected chi connectivity index (χ3v) is 5.52. The molecule has 2 atom stereocenters. The second-order valence-corrected chi connectivity index (χ2v) is 8.18. The summed E-state index contributed by atoms with van der Waals surface area (Å²) in [6, 6.07) is 8.25. The molecule has 0 spiro atoms. The number of benzene rings is 1. The lowest BCUT2D eigenvalue weighted by Crippen LogP contribution is -2.43. The fraction of sp³-hybridized carbons (Fsp3) is 0.526. The number of hydrogen-bond acceptors (Lipinski definition) is 4. The maximum absolute atomic E-state index is 12.6. The Bertz CT molecular complexity index is 748. The van der Waals surface area contributed by atoms with Gasteiger partial charge in [0, 0.05) is 18.8 Å². The number of hydrogen-bond donors (Lipinski definition) is 0. The minimum absolute atomic E-state index is 0.194. The lowest BCUT2D eigenvalue weighted by molar-refractivity contribution is -0.130. The second kappa shape index (κ2) is 7.60. The molecule has 1 aliphatic rings. The summed E-state index contributed by atoms with van der Waals surface area (Å²) < 4.78 is 2.02. The van der Waals surface area contributed by atoms with E-state index in [0.717, 1.165) is 29.8 Å². The number of aromatic nitrogens is 3. The van der Waals surface area contributed by atoms with Crippen molar-refractivity contribution in [2.45, 2.75) is 39.3 Å². The van der Waals surface area contributed by atoms with Crippen molar-refractivity contribution in [2.75, 3.05) is 18.8 Å². The van der Waals surface area contributed by atoms with Crippen LogP contribution >= 0.6 is 11.8 Å². The summed E-state index contributed by atoms with van der Waals surface area (Å²) in [5.74, 6) is 2.59. The van der Waals surface area contributed by atoms with Gasteiger partial charge >= 0.3 is 0 Å². The molecule has 1 amide bonds. The number of nitrogens with zero attached hydrogens (tertiary/aromatic N) is 4. The first-order valence-corrected chi connectivity index (χ1v) is 9.82. The van der Waals surface area contributed by atoms with Gasteiger partial charge in [-0.2, -0.15) is 0 Å². The summed E-state index contributed by atoms with van der Waals surface area (Å²) in [6.07, 6.45) is 1.21. The van der Waals surface area contributed by atoms with Crippen LogP contribution < -0.4 is 0 Å². The Labute approximate surface area is 153 Å². The van der Waals surface area contributed by atoms with Crippen LogP contribution in [-0.2, 0) is 4.79 Å². The zero-order valence-corrected chi connectivity index (χ0v) is 16.2. The Balaban J connectivity index is 1.71. The van der Waals surface area contributed by atoms with Crippen LogP contribution in [0.4, 0.5) is 0 Å². The average molecular weight is 359 g/mol. The standard InChI is InChI=1S/C19H26N4OS/c1-13-6-5-7-17(9-13)23-16(4)20-21-19(23)25-12-18(24)22-10-14(2)8-15(3)11-22/h5-7,9,14-15H,8,10-12H2,1-4H3/t14-,15+. The van der Waals surface area contributed by atoms with Crippen LogP contribution in [0.1, 0.15) is 31.7 Å². The van der Waals surface area contributed by atoms with E-state index < -0.39 is 0 Å². The largest absolute Gasteiger partial charge is 0.341 e. The molecule has 0 unspecified atom stereocenters. The van der Waals surface area contributed by atoms with Gasteiger partial charge in [0.15, 0.2) is 5.16 Å². The number of amides is 1. The molecule has 2 heterocycles. The number of thioether (sulfide) groups is 1. The molecule has 134 valence electrons. The fourth-order valence-electron chi connectivity index (χ4n) is 3.58. The van der Waals surface area contributed by atoms with Gasteiger partial charge < -0.3 is 4.90 Å². The molecule has 1 aromatic carbocycles. The molecule has 1 aromatic heterocycles. The van der Waals surface area contributed by atoms with E-state index in [1.165, 1.54) is 23.7 Å². The predicted molar refractivity (Wildman–Crippen MR) is 101 cm³/mol. The van der Waals surface area contributed by atoms with Crippen molar-refractivity contribution in [2.24, 2.45) is 11.8 Å². The quantitative estimate of drug-likeness (QED) is 0.785. The van der Waals surface area contributed by atoms with Gasteiger partial charge in [0.1, 0.15) is 5.82 Å². The van der Waals surface area contributed by atoms with Gasteiger partial charge in [-0.3, -0.25) is 9.36 Å². The predicted octanol–water partition coefficient (Wildman–Crippen LogP) is 3.48. The van der Waals surface area contributed by atoms with Crippen LogP contribution in [0.25, 0.3) is 5.69 Å². The monoisotopic (exact) mass is 358 g/mol. The Morgan fingerprint density at radius 1 is 1.20 bits per heavy atom. The zero-order valence-electron chi connectivity index (χ0n) is 15.4. The van der Waals surface area contributed by atoms with Gasteiger partial charge in [-0.25, -0.2) is 0 Å². The van der Waals surface area contributed by atoms with Gasteiger partial charge in [0.05, 0.1) is 5.75 Å². The molecular weight excluding hydrogens is 332 g/mol. The molecule has 0 bridgehead atoms. The maximum Gasteiger partial charge on any atom is 0.233 e. The summed E-state index contributed by atoms with van der Waals surface area (Å²) in [7, 11) is 0. The lowest BCUT2D eigenvalue weighted by atomic mass is 9.92. The van der Waals surface area contributed by atoms with Crippen LogP contribution in [0.5, 0.6) is 0 Å². The van der Waals surface area contributed by atoms with Crippen LogP contribution in [0.2, 0.25) is 0 Å². The molecule has 0 saturated carbocycles. The molecule has 0 radical (unpaired) electrons. The first-order chi connectivity index (χ1) is 11.9. The van der Waals surface area contributed by atoms with Crippen molar-refractivity contribution in [3.63, 3.8) is 0 Å². The molecule has 2 aromatic rings. The van der Waals surface area contributed by atoms with Gasteiger partial charge in [0.25, 0.3) is 0 Å². The highest BCUT2D eigenvalue weighted by atomic mass is 32.2. The minimum Gasteiger partial charge on any atom is -0.341 e. The van der Waals surface area contributed by atoms with Crippen molar-refractivity contribution >= 4 is 17.7 Å². The Morgan fingerprint density at radius 3 is 2.60 bits per heavy atom. The minimum atomic E-state index is 0.194. The SMILES string of the molecule is Cc1cccc(-n2c(C)nnc2SCC(=O)N2C[C@H](C)C[C@H](C)C2)c1. The van der Waals surface area contributed by atoms with E-state index in [9.17, 15) is 4.79 Å². The molecule has 25 heavy (non-hydrogen) atoms. The lowest BCUT2D eigenvalue weighted by Gasteiger charge is -2.34. The van der Waals surface area contributed by atoms with E-state index in [4.69, 9.17) is 0 Å². The fourth-order valence-corrected chi connectivity index (χ4v) is 4.49. The van der Waals surface area contributed by atoms with E-state index in [-0.39, 0.29) is 5.91 Å². The Kier molecular flexibility index (Phi) is 5.47. The van der Waals surface area contributed by atoms with Crippen molar-refractivity contribution in [1.29, 1.82) is 0 Å². The number of carbonyl (C=O) groups is 1. The first kappa shape index (κ1) is 18.0. The molecule has 3 rings (SSSR count). The number of piperidine rings is 1. The van der Waals surface area contributed by atoms with Crippen molar-refractivity contribution in [1.82, 2.24) is 19.7 Å². The maximum atomic E-state index is 12.6. The number of carbonyl (C=O) groups excluding carboxylic acids is 1.